The maximum Gasteiger partial charge on any atom is 0.203 e. The third kappa shape index (κ3) is 6.06. The number of nitrogens with zero attached hydrogens (tertiary/aromatic N) is 2. The lowest BCUT2D eigenvalue weighted by atomic mass is 9.95. The molecule has 1 aromatic carbocycles. The molecule has 0 fully saturated rings. The number of nitrogens with one attached hydrogen (secondary N) is 2. The van der Waals surface area contributed by atoms with Crippen LogP contribution in [0.25, 0.3) is 57.5 Å². The molecular weight excluding hydrogens is 572 g/mol. The summed E-state index contributed by atoms with van der Waals surface area (Å²) >= 11 is 0. The molecule has 2 N–H and O–H groups in total. The maximum absolute atomic E-state index is 5.74. The van der Waals surface area contributed by atoms with Crippen LogP contribution in [0.15, 0.2) is 42.5 Å². The lowest BCUT2D eigenvalue weighted by molar-refractivity contribution is 0.324. The molecule has 0 amide bonds. The molecule has 0 aliphatic carbocycles. The number of hydrogen-bond donors (Lipinski definition) is 2. The summed E-state index contributed by atoms with van der Waals surface area (Å²) in [5, 5.41) is 0. The van der Waals surface area contributed by atoms with Crippen LogP contribution in [0.2, 0.25) is 0 Å². The highest BCUT2D eigenvalue weighted by Crippen LogP contribution is 2.43. The number of fused-ring (bicyclic) bond motifs is 8. The Bertz CT molecular complexity index is 1940. The molecule has 0 spiro atoms. The molecule has 238 valence electrons. The number of rotatable bonds is 11. The summed E-state index contributed by atoms with van der Waals surface area (Å²) in [6.45, 7) is 6.74. The minimum Gasteiger partial charge on any atom is -0.493 e. The molecule has 5 heterocycles. The Morgan fingerprint density at radius 1 is 0.674 bits per heavy atom. The van der Waals surface area contributed by atoms with Crippen molar-refractivity contribution < 1.29 is 14.2 Å². The largest absolute Gasteiger partial charge is 0.493 e. The van der Waals surface area contributed by atoms with Crippen LogP contribution >= 0.6 is 0 Å². The van der Waals surface area contributed by atoms with E-state index in [0.717, 1.165) is 80.8 Å². The molecule has 3 aromatic heterocycles. The van der Waals surface area contributed by atoms with Crippen LogP contribution in [0.3, 0.4) is 0 Å². The third-order valence-corrected chi connectivity index (χ3v) is 9.06. The van der Waals surface area contributed by atoms with Gasteiger partial charge in [0.05, 0.1) is 44.1 Å². The lowest BCUT2D eigenvalue weighted by Crippen LogP contribution is -2.00. The smallest absolute Gasteiger partial charge is 0.203 e. The van der Waals surface area contributed by atoms with Crippen LogP contribution in [0.4, 0.5) is 0 Å². The summed E-state index contributed by atoms with van der Waals surface area (Å²) < 4.78 is 17.1. The number of aromatic nitrogens is 4. The second kappa shape index (κ2) is 13.7. The highest BCUT2D eigenvalue weighted by atomic mass is 16.5. The van der Waals surface area contributed by atoms with Gasteiger partial charge >= 0.3 is 0 Å². The molecule has 8 bridgehead atoms. The van der Waals surface area contributed by atoms with E-state index in [1.54, 1.807) is 21.3 Å². The number of methoxy groups -OCH3 is 3. The van der Waals surface area contributed by atoms with Crippen molar-refractivity contribution in [1.29, 1.82) is 0 Å². The predicted molar refractivity (Wildman–Crippen MR) is 191 cm³/mol. The van der Waals surface area contributed by atoms with Gasteiger partial charge in [0.2, 0.25) is 5.75 Å². The summed E-state index contributed by atoms with van der Waals surface area (Å²) in [5.74, 6) is 1.99. The summed E-state index contributed by atoms with van der Waals surface area (Å²) in [7, 11) is 4.89. The Morgan fingerprint density at radius 3 is 1.91 bits per heavy atom. The predicted octanol–water partition coefficient (Wildman–Crippen LogP) is 9.98. The fourth-order valence-corrected chi connectivity index (χ4v) is 6.45. The van der Waals surface area contributed by atoms with Gasteiger partial charge in [-0.05, 0) is 97.5 Å². The van der Waals surface area contributed by atoms with Crippen molar-refractivity contribution >= 4 is 46.4 Å². The van der Waals surface area contributed by atoms with E-state index >= 15 is 0 Å². The van der Waals surface area contributed by atoms with Gasteiger partial charge < -0.3 is 24.2 Å². The first-order valence-corrected chi connectivity index (χ1v) is 16.4. The van der Waals surface area contributed by atoms with E-state index in [2.05, 4.69) is 85.4 Å². The number of unbranched alkanes of at least 4 members (excludes halogenated alkanes) is 3. The molecule has 0 saturated heterocycles. The Balaban J connectivity index is 1.69. The highest BCUT2D eigenvalue weighted by Gasteiger charge is 2.21. The summed E-state index contributed by atoms with van der Waals surface area (Å²) in [4.78, 5) is 17.9. The topological polar surface area (TPSA) is 85.1 Å². The average Bonchev–Trinajstić information content (AvgIpc) is 3.90. The molecule has 0 saturated carbocycles. The third-order valence-electron chi connectivity index (χ3n) is 9.06. The van der Waals surface area contributed by atoms with Crippen LogP contribution in [0.1, 0.15) is 92.7 Å². The molecule has 7 heteroatoms. The van der Waals surface area contributed by atoms with Gasteiger partial charge in [0.1, 0.15) is 0 Å². The zero-order valence-electron chi connectivity index (χ0n) is 27.8. The lowest BCUT2D eigenvalue weighted by Gasteiger charge is -2.15. The van der Waals surface area contributed by atoms with Crippen molar-refractivity contribution in [2.75, 3.05) is 21.3 Å². The fourth-order valence-electron chi connectivity index (χ4n) is 6.45. The van der Waals surface area contributed by atoms with Crippen molar-refractivity contribution in [2.24, 2.45) is 0 Å². The normalized spacial score (nSPS) is 12.8. The number of aryl methyl sites for hydroxylation is 1. The Hall–Kier alpha value is -4.78. The number of benzene rings is 1. The average molecular weight is 617 g/mol. The maximum atomic E-state index is 5.74. The number of ether oxygens (including phenoxy) is 3. The highest BCUT2D eigenvalue weighted by molar-refractivity contribution is 5.92. The molecule has 1 unspecified atom stereocenters. The first kappa shape index (κ1) is 31.2. The van der Waals surface area contributed by atoms with Gasteiger partial charge in [-0.2, -0.15) is 0 Å². The van der Waals surface area contributed by atoms with Crippen molar-refractivity contribution in [3.05, 3.63) is 76.4 Å². The van der Waals surface area contributed by atoms with E-state index in [4.69, 9.17) is 24.2 Å². The van der Waals surface area contributed by atoms with Crippen molar-refractivity contribution in [2.45, 2.75) is 65.2 Å². The second-order valence-corrected chi connectivity index (χ2v) is 12.0. The molecule has 46 heavy (non-hydrogen) atoms. The SMILES string of the molecule is CCCCCCc1c2nc(c(C(C)CC)c3nc(c(-c4cc(OC)c(OC)c(OC)c4)c4ccc(cc5ccc1[nH]5)[nH]4)C=C3)C=C2. The van der Waals surface area contributed by atoms with E-state index in [-0.39, 0.29) is 5.92 Å². The monoisotopic (exact) mass is 616 g/mol. The molecule has 7 nitrogen and oxygen atoms in total. The summed E-state index contributed by atoms with van der Waals surface area (Å²) in [6.07, 6.45) is 15.4. The minimum atomic E-state index is 0.269. The molecule has 0 radical (unpaired) electrons. The van der Waals surface area contributed by atoms with Gasteiger partial charge in [-0.3, -0.25) is 0 Å². The van der Waals surface area contributed by atoms with Gasteiger partial charge in [0, 0.05) is 38.8 Å². The Kier molecular flexibility index (Phi) is 9.29. The quantitative estimate of drug-likeness (QED) is 0.142. The summed E-state index contributed by atoms with van der Waals surface area (Å²) in [5.41, 5.74) is 12.1. The Labute approximate surface area is 271 Å². The van der Waals surface area contributed by atoms with Gasteiger partial charge in [0.15, 0.2) is 11.5 Å². The first-order chi connectivity index (χ1) is 22.5. The van der Waals surface area contributed by atoms with Crippen LogP contribution in [-0.4, -0.2) is 41.3 Å². The molecular formula is C39H44N4O3. The Morgan fingerprint density at radius 2 is 1.28 bits per heavy atom. The molecule has 6 rings (SSSR count). The fraction of sp³-hybridized carbons (Fsp3) is 0.333. The van der Waals surface area contributed by atoms with Gasteiger partial charge in [-0.15, -0.1) is 0 Å². The zero-order chi connectivity index (χ0) is 32.2. The van der Waals surface area contributed by atoms with Crippen LogP contribution < -0.4 is 14.2 Å². The van der Waals surface area contributed by atoms with Crippen molar-refractivity contribution in [3.63, 3.8) is 0 Å². The minimum absolute atomic E-state index is 0.269. The van der Waals surface area contributed by atoms with Crippen molar-refractivity contribution in [1.82, 2.24) is 19.9 Å². The van der Waals surface area contributed by atoms with Crippen LogP contribution in [0.5, 0.6) is 17.2 Å². The van der Waals surface area contributed by atoms with Crippen molar-refractivity contribution in [3.8, 4) is 28.4 Å². The first-order valence-electron chi connectivity index (χ1n) is 16.4. The van der Waals surface area contributed by atoms with Crippen LogP contribution in [0, 0.1) is 0 Å². The molecule has 4 aromatic rings. The van der Waals surface area contributed by atoms with E-state index in [0.29, 0.717) is 17.2 Å². The number of hydrogen-bond acceptors (Lipinski definition) is 5. The molecule has 1 atom stereocenters. The molecule has 2 aliphatic heterocycles. The number of H-pyrrole nitrogens is 2. The standard InChI is InChI=1S/C39H44N4O3/c1-7-9-10-11-12-28-29-15-13-26(40-29)23-27-14-16-33(41-27)38(25-21-35(44-4)39(46-6)36(22-25)45-5)34-20-19-32(43-34)37(24(3)8-2)31-18-17-30(28)42-31/h13-24,40-41H,7-12H2,1-6H3. The zero-order valence-corrected chi connectivity index (χ0v) is 27.8. The van der Waals surface area contributed by atoms with Crippen LogP contribution in [-0.2, 0) is 6.42 Å². The van der Waals surface area contributed by atoms with E-state index in [1.165, 1.54) is 24.8 Å². The number of aromatic amines is 2. The van der Waals surface area contributed by atoms with Gasteiger partial charge in [0.25, 0.3) is 0 Å². The van der Waals surface area contributed by atoms with Gasteiger partial charge in [-0.25, -0.2) is 9.97 Å². The van der Waals surface area contributed by atoms with E-state index < -0.39 is 0 Å². The summed E-state index contributed by atoms with van der Waals surface area (Å²) in [6, 6.07) is 14.6. The molecule has 2 aliphatic rings. The van der Waals surface area contributed by atoms with Gasteiger partial charge in [-0.1, -0.05) is 40.0 Å². The van der Waals surface area contributed by atoms with E-state index in [9.17, 15) is 0 Å². The second-order valence-electron chi connectivity index (χ2n) is 12.0. The van der Waals surface area contributed by atoms with E-state index in [1.807, 2.05) is 12.1 Å².